The van der Waals surface area contributed by atoms with Crippen molar-refractivity contribution in [3.63, 3.8) is 0 Å². The topological polar surface area (TPSA) is 38.5 Å². The van der Waals surface area contributed by atoms with E-state index in [0.29, 0.717) is 13.2 Å². The standard InChI is InChI=1S/C13H22N2O/c1-10-5-6-11(2)13(7-10)16-9-12(8-14)15(3)4/h5-7,12H,8-9,14H2,1-4H3. The van der Waals surface area contributed by atoms with E-state index in [4.69, 9.17) is 10.5 Å². The highest BCUT2D eigenvalue weighted by molar-refractivity contribution is 5.35. The summed E-state index contributed by atoms with van der Waals surface area (Å²) in [5, 5.41) is 0. The molecule has 1 atom stereocenters. The van der Waals surface area contributed by atoms with Gasteiger partial charge in [-0.1, -0.05) is 12.1 Å². The number of rotatable bonds is 5. The smallest absolute Gasteiger partial charge is 0.122 e. The summed E-state index contributed by atoms with van der Waals surface area (Å²) >= 11 is 0. The molecule has 0 saturated carbocycles. The van der Waals surface area contributed by atoms with Crippen molar-refractivity contribution in [2.75, 3.05) is 27.2 Å². The molecule has 3 heteroatoms. The van der Waals surface area contributed by atoms with Gasteiger partial charge in [0.1, 0.15) is 12.4 Å². The van der Waals surface area contributed by atoms with Gasteiger partial charge in [0.15, 0.2) is 0 Å². The Hall–Kier alpha value is -1.06. The van der Waals surface area contributed by atoms with Crippen LogP contribution in [0.4, 0.5) is 0 Å². The Bertz CT molecular complexity index is 337. The number of hydrogen-bond donors (Lipinski definition) is 1. The van der Waals surface area contributed by atoms with Gasteiger partial charge in [-0.25, -0.2) is 0 Å². The van der Waals surface area contributed by atoms with E-state index in [-0.39, 0.29) is 6.04 Å². The highest BCUT2D eigenvalue weighted by Crippen LogP contribution is 2.19. The number of ether oxygens (including phenoxy) is 1. The van der Waals surface area contributed by atoms with Crippen LogP contribution in [0.15, 0.2) is 18.2 Å². The molecule has 1 aromatic rings. The number of likely N-dealkylation sites (N-methyl/N-ethyl adjacent to an activating group) is 1. The number of hydrogen-bond acceptors (Lipinski definition) is 3. The maximum absolute atomic E-state index is 5.81. The van der Waals surface area contributed by atoms with Crippen LogP contribution in [0.25, 0.3) is 0 Å². The molecule has 1 unspecified atom stereocenters. The molecular formula is C13H22N2O. The maximum atomic E-state index is 5.81. The monoisotopic (exact) mass is 222 g/mol. The van der Waals surface area contributed by atoms with Gasteiger partial charge in [0.2, 0.25) is 0 Å². The van der Waals surface area contributed by atoms with E-state index in [1.165, 1.54) is 11.1 Å². The lowest BCUT2D eigenvalue weighted by Crippen LogP contribution is -2.39. The van der Waals surface area contributed by atoms with Gasteiger partial charge in [0.05, 0.1) is 6.04 Å². The van der Waals surface area contributed by atoms with Crippen molar-refractivity contribution >= 4 is 0 Å². The molecule has 0 aliphatic rings. The summed E-state index contributed by atoms with van der Waals surface area (Å²) in [6.45, 7) is 5.37. The third kappa shape index (κ3) is 3.51. The molecule has 3 nitrogen and oxygen atoms in total. The van der Waals surface area contributed by atoms with Crippen molar-refractivity contribution in [1.29, 1.82) is 0 Å². The van der Waals surface area contributed by atoms with Crippen molar-refractivity contribution in [2.24, 2.45) is 5.73 Å². The molecule has 0 radical (unpaired) electrons. The van der Waals surface area contributed by atoms with E-state index in [1.807, 2.05) is 14.1 Å². The zero-order valence-corrected chi connectivity index (χ0v) is 10.7. The van der Waals surface area contributed by atoms with Gasteiger partial charge in [-0.15, -0.1) is 0 Å². The summed E-state index contributed by atoms with van der Waals surface area (Å²) in [4.78, 5) is 2.09. The van der Waals surface area contributed by atoms with Crippen molar-refractivity contribution in [3.05, 3.63) is 29.3 Å². The third-order valence-corrected chi connectivity index (χ3v) is 2.78. The second-order valence-corrected chi connectivity index (χ2v) is 4.43. The lowest BCUT2D eigenvalue weighted by molar-refractivity contribution is 0.189. The van der Waals surface area contributed by atoms with Gasteiger partial charge >= 0.3 is 0 Å². The Morgan fingerprint density at radius 1 is 1.31 bits per heavy atom. The van der Waals surface area contributed by atoms with E-state index in [0.717, 1.165) is 5.75 Å². The van der Waals surface area contributed by atoms with Gasteiger partial charge in [-0.05, 0) is 45.1 Å². The first-order valence-corrected chi connectivity index (χ1v) is 5.61. The van der Waals surface area contributed by atoms with Crippen LogP contribution < -0.4 is 10.5 Å². The number of aryl methyl sites for hydroxylation is 2. The number of benzene rings is 1. The molecule has 90 valence electrons. The molecule has 16 heavy (non-hydrogen) atoms. The van der Waals surface area contributed by atoms with E-state index >= 15 is 0 Å². The molecule has 0 aliphatic heterocycles. The molecule has 1 rings (SSSR count). The molecule has 0 aliphatic carbocycles. The molecule has 2 N–H and O–H groups in total. The Kier molecular flexibility index (Phi) is 4.77. The quantitative estimate of drug-likeness (QED) is 0.822. The minimum atomic E-state index is 0.264. The molecule has 0 amide bonds. The average Bonchev–Trinajstić information content (AvgIpc) is 2.23. The van der Waals surface area contributed by atoms with Gasteiger partial charge in [-0.3, -0.25) is 0 Å². The van der Waals surface area contributed by atoms with Gasteiger partial charge in [0.25, 0.3) is 0 Å². The van der Waals surface area contributed by atoms with E-state index < -0.39 is 0 Å². The molecular weight excluding hydrogens is 200 g/mol. The zero-order chi connectivity index (χ0) is 12.1. The fraction of sp³-hybridized carbons (Fsp3) is 0.538. The molecule has 0 saturated heterocycles. The Morgan fingerprint density at radius 3 is 2.56 bits per heavy atom. The lowest BCUT2D eigenvalue weighted by atomic mass is 10.1. The first-order valence-electron chi connectivity index (χ1n) is 5.61. The van der Waals surface area contributed by atoms with Crippen LogP contribution in [0.3, 0.4) is 0 Å². The second-order valence-electron chi connectivity index (χ2n) is 4.43. The normalized spacial score (nSPS) is 12.9. The van der Waals surface area contributed by atoms with E-state index in [2.05, 4.69) is 36.9 Å². The average molecular weight is 222 g/mol. The second kappa shape index (κ2) is 5.87. The van der Waals surface area contributed by atoms with Crippen molar-refractivity contribution in [1.82, 2.24) is 4.90 Å². The predicted octanol–water partition coefficient (Wildman–Crippen LogP) is 1.57. The fourth-order valence-corrected chi connectivity index (χ4v) is 1.48. The largest absolute Gasteiger partial charge is 0.492 e. The van der Waals surface area contributed by atoms with E-state index in [1.54, 1.807) is 0 Å². The molecule has 0 bridgehead atoms. The van der Waals surface area contributed by atoms with Crippen LogP contribution in [0.2, 0.25) is 0 Å². The zero-order valence-electron chi connectivity index (χ0n) is 10.7. The van der Waals surface area contributed by atoms with Gasteiger partial charge in [0, 0.05) is 6.54 Å². The van der Waals surface area contributed by atoms with Crippen LogP contribution in [0.1, 0.15) is 11.1 Å². The first kappa shape index (κ1) is 13.0. The molecule has 0 fully saturated rings. The number of nitrogens with zero attached hydrogens (tertiary/aromatic N) is 1. The van der Waals surface area contributed by atoms with Crippen LogP contribution in [-0.2, 0) is 0 Å². The Morgan fingerprint density at radius 2 is 2.00 bits per heavy atom. The Balaban J connectivity index is 2.63. The fourth-order valence-electron chi connectivity index (χ4n) is 1.48. The van der Waals surface area contributed by atoms with E-state index in [9.17, 15) is 0 Å². The van der Waals surface area contributed by atoms with Gasteiger partial charge in [-0.2, -0.15) is 0 Å². The summed E-state index contributed by atoms with van der Waals surface area (Å²) in [5.41, 5.74) is 8.07. The van der Waals surface area contributed by atoms with Crippen LogP contribution in [-0.4, -0.2) is 38.2 Å². The molecule has 0 spiro atoms. The predicted molar refractivity (Wildman–Crippen MR) is 67.9 cm³/mol. The summed E-state index contributed by atoms with van der Waals surface area (Å²) < 4.78 is 5.81. The van der Waals surface area contributed by atoms with Crippen LogP contribution >= 0.6 is 0 Å². The van der Waals surface area contributed by atoms with Crippen LogP contribution in [0, 0.1) is 13.8 Å². The van der Waals surface area contributed by atoms with Gasteiger partial charge < -0.3 is 15.4 Å². The SMILES string of the molecule is Cc1ccc(C)c(OCC(CN)N(C)C)c1. The summed E-state index contributed by atoms with van der Waals surface area (Å²) in [6, 6.07) is 6.50. The maximum Gasteiger partial charge on any atom is 0.122 e. The molecule has 1 aromatic carbocycles. The number of nitrogens with two attached hydrogens (primary N) is 1. The molecule has 0 aromatic heterocycles. The summed E-state index contributed by atoms with van der Waals surface area (Å²) in [6.07, 6.45) is 0. The van der Waals surface area contributed by atoms with Crippen molar-refractivity contribution in [3.8, 4) is 5.75 Å². The van der Waals surface area contributed by atoms with Crippen molar-refractivity contribution < 1.29 is 4.74 Å². The summed E-state index contributed by atoms with van der Waals surface area (Å²) in [7, 11) is 4.04. The minimum Gasteiger partial charge on any atom is -0.492 e. The van der Waals surface area contributed by atoms with Crippen LogP contribution in [0.5, 0.6) is 5.75 Å². The third-order valence-electron chi connectivity index (χ3n) is 2.78. The highest BCUT2D eigenvalue weighted by atomic mass is 16.5. The van der Waals surface area contributed by atoms with Crippen molar-refractivity contribution in [2.45, 2.75) is 19.9 Å². The highest BCUT2D eigenvalue weighted by Gasteiger charge is 2.10. The Labute approximate surface area is 98.2 Å². The molecule has 0 heterocycles. The minimum absolute atomic E-state index is 0.264. The lowest BCUT2D eigenvalue weighted by Gasteiger charge is -2.23. The summed E-state index contributed by atoms with van der Waals surface area (Å²) in [5.74, 6) is 0.959. The first-order chi connectivity index (χ1) is 7.54.